The second-order valence-electron chi connectivity index (χ2n) is 32.6. The number of amides is 11. The minimum Gasteiger partial charge on any atom is -0.508 e. The zero-order chi connectivity index (χ0) is 105. The number of unbranched alkanes of at least 4 members (excludes halogenated alkanes) is 1. The highest BCUT2D eigenvalue weighted by Crippen LogP contribution is 2.23. The maximum atomic E-state index is 15.6. The minimum absolute atomic E-state index is 0.0190. The highest BCUT2D eigenvalue weighted by molar-refractivity contribution is 6.05. The number of hydrogen-bond acceptors (Lipinski definition) is 28. The van der Waals surface area contributed by atoms with E-state index in [-0.39, 0.29) is 82.9 Å². The van der Waals surface area contributed by atoms with E-state index in [1.807, 2.05) is 10.6 Å². The number of urea groups is 1. The number of phenols is 1. The highest BCUT2D eigenvalue weighted by atomic mass is 16.4. The molecule has 5 aromatic carbocycles. The molecule has 0 aromatic heterocycles. The van der Waals surface area contributed by atoms with Crippen LogP contribution in [0.15, 0.2) is 103 Å². The highest BCUT2D eigenvalue weighted by Gasteiger charge is 2.39. The Morgan fingerprint density at radius 2 is 0.766 bits per heavy atom. The third kappa shape index (κ3) is 39.0. The van der Waals surface area contributed by atoms with E-state index in [4.69, 9.17) is 5.11 Å². The fraction of sp³-hybridized carbons (Fsp3) is 0.427. The molecule has 11 amide bonds. The molecule has 1 aliphatic rings. The summed E-state index contributed by atoms with van der Waals surface area (Å²) < 4.78 is 0. The molecule has 52 heteroatoms. The molecule has 0 aliphatic carbocycles. The Morgan fingerprint density at radius 3 is 1.25 bits per heavy atom. The summed E-state index contributed by atoms with van der Waals surface area (Å²) in [6, 6.07) is 3.63. The lowest BCUT2D eigenvalue weighted by Crippen LogP contribution is -2.60. The molecule has 1 unspecified atom stereocenters. The van der Waals surface area contributed by atoms with Gasteiger partial charge < -0.3 is 130 Å². The SMILES string of the molecule is CN(C(=O)[C@@H](Cc1ccc(O)cc1)NC(=O)[C@@H](CNC(=O)c1cc(C(=O)O)cc(C(=O)O)c1)NC(=O)CCC(C(=O)O)N1CCN(CC(=O)O)CCN(CC(=O)O)CCN(CC(=O)O)CC1)[C@H](Cc1ccc2ccccc2c1)C(=O)N[C@H](CCCCNC(=O)[C@@H](CC(=O)NCCC[C@H](NC(=O)CC[C@H](NC(=O)N[C@@H](CCC(=O)O)C(=O)O)C(=O)O)C(=O)O)NC(=O)c1cc(C(=O)O)cc(C(=O)O)c1)C(=O)O. The summed E-state index contributed by atoms with van der Waals surface area (Å²) in [7, 11) is 1.11. The number of carboxylic acids is 13. The Hall–Kier alpha value is -16.4. The predicted octanol–water partition coefficient (Wildman–Crippen LogP) is -2.58. The number of nitrogens with one attached hydrogen (secondary N) is 10. The molecule has 6 rings (SSSR count). The lowest BCUT2D eigenvalue weighted by atomic mass is 9.98. The van der Waals surface area contributed by atoms with E-state index in [0.717, 1.165) is 42.3 Å². The number of hydrogen-bond donors (Lipinski definition) is 24. The molecule has 9 atom stereocenters. The number of fused-ring (bicyclic) bond motifs is 1. The summed E-state index contributed by atoms with van der Waals surface area (Å²) in [5, 5.41) is 162. The van der Waals surface area contributed by atoms with Crippen LogP contribution in [0.4, 0.5) is 4.79 Å². The van der Waals surface area contributed by atoms with Gasteiger partial charge in [-0.15, -0.1) is 0 Å². The van der Waals surface area contributed by atoms with Crippen LogP contribution in [-0.4, -0.2) is 386 Å². The van der Waals surface area contributed by atoms with Crippen molar-refractivity contribution < 1.29 is 182 Å². The maximum Gasteiger partial charge on any atom is 0.335 e. The number of rotatable bonds is 56. The molecule has 24 N–H and O–H groups in total. The second-order valence-corrected chi connectivity index (χ2v) is 32.6. The number of carbonyl (C=O) groups is 23. The quantitative estimate of drug-likeness (QED) is 0.0178. The number of nitrogens with zero attached hydrogens (tertiary/aromatic N) is 5. The van der Waals surface area contributed by atoms with Crippen LogP contribution in [-0.2, 0) is 89.6 Å². The standard InChI is InChI=1S/C89H109N15O37/c1-100(79(122)63(34-47-12-15-57(105)16-13-47)97-77(120)64(43-92-74(117)51-36-53(80(123)124)40-54(37-51)81(125)126)94-68(107)21-19-65(88(139)140)104-31-29-102(45-72(113)114)27-25-101(44-71(111)112)26-28-103(30-32-104)46-73(115)116)66(35-48-11-14-49-7-2-3-8-50(49)33-48)78(121)95-59(85(133)134)9-4-5-23-91-76(119)62(96-75(118)52-38-55(82(127)128)41-56(39-52)83(129)130)42-69(108)90-24-6-10-58(84(131)132)93-67(106)20-17-60(86(135)136)98-89(141)99-61(87(137)138)18-22-70(109)110/h2-3,7-8,11-16,33,36-41,58-66,105H,4-6,9-10,17-32,34-35,42-46H2,1H3,(H,90,108)(H,91,119)(H,92,117)(H,93,106)(H,94,107)(H,95,121)(H,96,118)(H,97,120)(H,109,110)(H,111,112)(H,113,114)(H,115,116)(H,123,124)(H,125,126)(H,127,128)(H,129,130)(H,131,132)(H,133,134)(H,135,136)(H,137,138)(H,139,140)(H2,98,99,141)/t58-,59+,60-,61-,62+,63+,64+,65?,66+/m0/s1. The lowest BCUT2D eigenvalue weighted by molar-refractivity contribution is -0.145. The van der Waals surface area contributed by atoms with Gasteiger partial charge in [0.05, 0.1) is 48.3 Å². The minimum atomic E-state index is -2.06. The molecule has 1 heterocycles. The van der Waals surface area contributed by atoms with Crippen LogP contribution < -0.4 is 53.2 Å². The number of aliphatic carboxylic acids is 9. The van der Waals surface area contributed by atoms with Crippen molar-refractivity contribution in [1.29, 1.82) is 0 Å². The van der Waals surface area contributed by atoms with E-state index in [1.54, 1.807) is 42.5 Å². The van der Waals surface area contributed by atoms with Crippen molar-refractivity contribution in [2.24, 2.45) is 0 Å². The largest absolute Gasteiger partial charge is 0.508 e. The Morgan fingerprint density at radius 1 is 0.340 bits per heavy atom. The molecule has 52 nitrogen and oxygen atoms in total. The van der Waals surface area contributed by atoms with Gasteiger partial charge in [0.2, 0.25) is 41.4 Å². The molecule has 0 bridgehead atoms. The molecule has 141 heavy (non-hydrogen) atoms. The van der Waals surface area contributed by atoms with E-state index >= 15 is 14.4 Å². The van der Waals surface area contributed by atoms with Crippen LogP contribution >= 0.6 is 0 Å². The van der Waals surface area contributed by atoms with E-state index in [0.29, 0.717) is 22.4 Å². The van der Waals surface area contributed by atoms with Gasteiger partial charge >= 0.3 is 83.6 Å². The summed E-state index contributed by atoms with van der Waals surface area (Å²) in [5.41, 5.74) is -3.43. The van der Waals surface area contributed by atoms with Crippen molar-refractivity contribution in [2.75, 3.05) is 98.7 Å². The molecule has 1 saturated heterocycles. The van der Waals surface area contributed by atoms with Crippen LogP contribution in [0.2, 0.25) is 0 Å². The van der Waals surface area contributed by atoms with Crippen molar-refractivity contribution >= 4 is 148 Å². The van der Waals surface area contributed by atoms with Gasteiger partial charge in [-0.3, -0.25) is 86.7 Å². The topological polar surface area (TPSA) is 812 Å². The number of benzene rings is 5. The Balaban J connectivity index is 1.25. The molecule has 762 valence electrons. The predicted molar refractivity (Wildman–Crippen MR) is 482 cm³/mol. The number of aromatic hydroxyl groups is 1. The Bertz CT molecular complexity index is 5370. The summed E-state index contributed by atoms with van der Waals surface area (Å²) >= 11 is 0. The molecule has 0 spiro atoms. The lowest BCUT2D eigenvalue weighted by Gasteiger charge is -2.35. The van der Waals surface area contributed by atoms with Gasteiger partial charge in [-0.2, -0.15) is 0 Å². The van der Waals surface area contributed by atoms with Gasteiger partial charge in [-0.25, -0.2) is 43.2 Å². The number of likely N-dealkylation sites (N-methyl/N-ethyl adjacent to an activating group) is 1. The van der Waals surface area contributed by atoms with Crippen molar-refractivity contribution in [3.8, 4) is 5.75 Å². The third-order valence-corrected chi connectivity index (χ3v) is 22.2. The number of carbonyl (C=O) groups excluding carboxylic acids is 10. The summed E-state index contributed by atoms with van der Waals surface area (Å²) in [5.74, 6) is -30.9. The Kier molecular flexibility index (Phi) is 44.8. The number of aromatic carboxylic acids is 4. The maximum absolute atomic E-state index is 15.6. The van der Waals surface area contributed by atoms with Gasteiger partial charge in [0, 0.05) is 122 Å². The van der Waals surface area contributed by atoms with Crippen LogP contribution in [0, 0.1) is 0 Å². The fourth-order valence-corrected chi connectivity index (χ4v) is 14.7. The van der Waals surface area contributed by atoms with Crippen molar-refractivity contribution in [1.82, 2.24) is 77.7 Å². The van der Waals surface area contributed by atoms with Crippen molar-refractivity contribution in [3.05, 3.63) is 148 Å². The van der Waals surface area contributed by atoms with Crippen molar-refractivity contribution in [2.45, 2.75) is 144 Å². The van der Waals surface area contributed by atoms with Crippen LogP contribution in [0.25, 0.3) is 10.8 Å². The second kappa shape index (κ2) is 55.7. The zero-order valence-corrected chi connectivity index (χ0v) is 75.7. The first-order chi connectivity index (χ1) is 66.5. The average Bonchev–Trinajstić information content (AvgIpc) is 0.812. The summed E-state index contributed by atoms with van der Waals surface area (Å²) in [4.78, 5) is 306. The fourth-order valence-electron chi connectivity index (χ4n) is 14.7. The van der Waals surface area contributed by atoms with Crippen molar-refractivity contribution in [3.63, 3.8) is 0 Å². The molecule has 0 radical (unpaired) electrons. The van der Waals surface area contributed by atoms with Gasteiger partial charge in [0.25, 0.3) is 11.8 Å². The summed E-state index contributed by atoms with van der Waals surface area (Å²) in [6.07, 6.45) is -7.52. The van der Waals surface area contributed by atoms with E-state index in [9.17, 15) is 162 Å². The monoisotopic (exact) mass is 1980 g/mol. The molecular weight excluding hydrogens is 1870 g/mol. The van der Waals surface area contributed by atoms with Gasteiger partial charge in [0.1, 0.15) is 60.1 Å². The first kappa shape index (κ1) is 113. The van der Waals surface area contributed by atoms with Crippen LogP contribution in [0.3, 0.4) is 0 Å². The average molecular weight is 1980 g/mol. The third-order valence-electron chi connectivity index (χ3n) is 22.2. The number of carboxylic acid groups (broad SMARTS) is 13. The van der Waals surface area contributed by atoms with Gasteiger partial charge in [-0.05, 0) is 122 Å². The first-order valence-corrected chi connectivity index (χ1v) is 43.6. The smallest absolute Gasteiger partial charge is 0.335 e. The van der Waals surface area contributed by atoms with Crippen LogP contribution in [0.5, 0.6) is 5.75 Å². The van der Waals surface area contributed by atoms with Gasteiger partial charge in [-0.1, -0.05) is 54.6 Å². The first-order valence-electron chi connectivity index (χ1n) is 43.6. The van der Waals surface area contributed by atoms with E-state index in [1.165, 1.54) is 43.9 Å². The number of phenolic OH excluding ortho intramolecular Hbond substituents is 1. The molecule has 1 aliphatic heterocycles. The zero-order valence-electron chi connectivity index (χ0n) is 75.7. The molecule has 5 aromatic rings. The Labute approximate surface area is 800 Å². The van der Waals surface area contributed by atoms with Gasteiger partial charge in [0.15, 0.2) is 0 Å². The molecular formula is C89H109N15O37. The normalized spacial score (nSPS) is 14.6. The molecule has 1 fully saturated rings. The summed E-state index contributed by atoms with van der Waals surface area (Å²) in [6.45, 7) is -4.45. The van der Waals surface area contributed by atoms with E-state index < -0.39 is 334 Å². The van der Waals surface area contributed by atoms with Crippen LogP contribution in [0.1, 0.15) is 150 Å². The van der Waals surface area contributed by atoms with E-state index in [2.05, 4.69) is 42.5 Å². The molecule has 0 saturated carbocycles.